The van der Waals surface area contributed by atoms with Gasteiger partial charge < -0.3 is 5.11 Å². The third-order valence-corrected chi connectivity index (χ3v) is 5.67. The summed E-state index contributed by atoms with van der Waals surface area (Å²) in [4.78, 5) is 14.0. The van der Waals surface area contributed by atoms with Gasteiger partial charge in [-0.05, 0) is 13.0 Å². The van der Waals surface area contributed by atoms with E-state index in [-0.39, 0.29) is 6.04 Å². The average molecular weight is 318 g/mol. The number of aromatic carboxylic acids is 1. The number of carboxylic acids is 1. The van der Waals surface area contributed by atoms with Gasteiger partial charge in [-0.2, -0.15) is 4.31 Å². The summed E-state index contributed by atoms with van der Waals surface area (Å²) in [6.07, 6.45) is 1.23. The fourth-order valence-electron chi connectivity index (χ4n) is 2.45. The minimum Gasteiger partial charge on any atom is -0.478 e. The monoisotopic (exact) mass is 318 g/mol. The van der Waals surface area contributed by atoms with E-state index in [0.717, 1.165) is 4.88 Å². The molecule has 2 heterocycles. The van der Waals surface area contributed by atoms with Crippen molar-refractivity contribution in [3.8, 4) is 0 Å². The van der Waals surface area contributed by atoms with Crippen LogP contribution in [0.15, 0.2) is 11.4 Å². The van der Waals surface area contributed by atoms with Crippen molar-refractivity contribution < 1.29 is 18.3 Å². The highest BCUT2D eigenvalue weighted by Crippen LogP contribution is 2.20. The average Bonchev–Trinajstić information content (AvgIpc) is 2.76. The number of thiophene rings is 1. The fraction of sp³-hybridized carbons (Fsp3) is 0.583. The number of hydrogen-bond acceptors (Lipinski definition) is 5. The molecule has 20 heavy (non-hydrogen) atoms. The maximum Gasteiger partial charge on any atom is 0.336 e. The molecule has 0 amide bonds. The molecule has 1 N–H and O–H groups in total. The first-order chi connectivity index (χ1) is 9.27. The second-order valence-electron chi connectivity index (χ2n) is 5.06. The highest BCUT2D eigenvalue weighted by atomic mass is 32.2. The van der Waals surface area contributed by atoms with Crippen LogP contribution >= 0.6 is 11.3 Å². The molecule has 0 aliphatic carbocycles. The Morgan fingerprint density at radius 3 is 2.70 bits per heavy atom. The number of rotatable bonds is 4. The first kappa shape index (κ1) is 15.4. The number of carbonyl (C=O) groups is 1. The molecule has 1 aromatic rings. The van der Waals surface area contributed by atoms with Crippen molar-refractivity contribution in [2.45, 2.75) is 19.5 Å². The van der Waals surface area contributed by atoms with Crippen molar-refractivity contribution in [3.63, 3.8) is 0 Å². The van der Waals surface area contributed by atoms with Gasteiger partial charge in [0.25, 0.3) is 0 Å². The fourth-order valence-corrected chi connectivity index (χ4v) is 4.48. The van der Waals surface area contributed by atoms with E-state index >= 15 is 0 Å². The first-order valence-electron chi connectivity index (χ1n) is 6.27. The molecule has 2 rings (SSSR count). The van der Waals surface area contributed by atoms with Gasteiger partial charge in [-0.15, -0.1) is 11.3 Å². The smallest absolute Gasteiger partial charge is 0.336 e. The predicted octanol–water partition coefficient (Wildman–Crippen LogP) is 0.912. The predicted molar refractivity (Wildman–Crippen MR) is 77.6 cm³/mol. The lowest BCUT2D eigenvalue weighted by Gasteiger charge is -2.38. The number of nitrogens with zero attached hydrogens (tertiary/aromatic N) is 2. The molecule has 1 aromatic heterocycles. The van der Waals surface area contributed by atoms with Crippen LogP contribution in [-0.2, 0) is 16.6 Å². The van der Waals surface area contributed by atoms with Gasteiger partial charge in [0.2, 0.25) is 10.0 Å². The minimum atomic E-state index is -3.15. The van der Waals surface area contributed by atoms with E-state index in [1.54, 1.807) is 11.4 Å². The minimum absolute atomic E-state index is 0.0577. The Hall–Kier alpha value is -0.960. The maximum atomic E-state index is 11.6. The van der Waals surface area contributed by atoms with Crippen LogP contribution in [-0.4, -0.2) is 60.6 Å². The molecule has 1 saturated heterocycles. The molecule has 6 nitrogen and oxygen atoms in total. The molecule has 0 radical (unpaired) electrons. The van der Waals surface area contributed by atoms with E-state index in [2.05, 4.69) is 4.90 Å². The summed E-state index contributed by atoms with van der Waals surface area (Å²) in [5.74, 6) is -0.914. The Bertz CT molecular complexity index is 596. The van der Waals surface area contributed by atoms with Crippen molar-refractivity contribution in [2.24, 2.45) is 0 Å². The molecule has 112 valence electrons. The lowest BCUT2D eigenvalue weighted by Crippen LogP contribution is -2.53. The highest BCUT2D eigenvalue weighted by molar-refractivity contribution is 7.88. The zero-order valence-corrected chi connectivity index (χ0v) is 13.1. The van der Waals surface area contributed by atoms with Gasteiger partial charge in [0, 0.05) is 42.5 Å². The van der Waals surface area contributed by atoms with E-state index in [9.17, 15) is 13.2 Å². The van der Waals surface area contributed by atoms with Gasteiger partial charge in [-0.25, -0.2) is 13.2 Å². The van der Waals surface area contributed by atoms with E-state index in [0.29, 0.717) is 31.7 Å². The van der Waals surface area contributed by atoms with Gasteiger partial charge >= 0.3 is 5.97 Å². The Kier molecular flexibility index (Phi) is 4.48. The molecule has 1 aliphatic rings. The number of carboxylic acid groups (broad SMARTS) is 1. The molecule has 0 unspecified atom stereocenters. The summed E-state index contributed by atoms with van der Waals surface area (Å²) in [7, 11) is -3.15. The molecular formula is C12H18N2O4S2. The van der Waals surface area contributed by atoms with E-state index < -0.39 is 16.0 Å². The zero-order valence-electron chi connectivity index (χ0n) is 11.4. The maximum absolute atomic E-state index is 11.6. The number of piperazine rings is 1. The molecule has 0 aromatic carbocycles. The molecule has 1 atom stereocenters. The number of sulfonamides is 1. The van der Waals surface area contributed by atoms with Gasteiger partial charge in [0.15, 0.2) is 0 Å². The SMILES string of the molecule is C[C@@H]1CN(Cc2cc(C(=O)O)cs2)CCN1S(C)(=O)=O. The molecule has 0 saturated carbocycles. The van der Waals surface area contributed by atoms with Gasteiger partial charge in [0.05, 0.1) is 11.8 Å². The lowest BCUT2D eigenvalue weighted by molar-refractivity contribution is 0.0697. The topological polar surface area (TPSA) is 77.9 Å². The van der Waals surface area contributed by atoms with Crippen LogP contribution in [0.25, 0.3) is 0 Å². The van der Waals surface area contributed by atoms with E-state index in [1.165, 1.54) is 21.9 Å². The Balaban J connectivity index is 1.97. The molecule has 8 heteroatoms. The van der Waals surface area contributed by atoms with E-state index in [4.69, 9.17) is 5.11 Å². The van der Waals surface area contributed by atoms with Gasteiger partial charge in [-0.1, -0.05) is 0 Å². The molecule has 0 spiro atoms. The Morgan fingerprint density at radius 2 is 2.20 bits per heavy atom. The summed E-state index contributed by atoms with van der Waals surface area (Å²) in [5, 5.41) is 10.5. The zero-order chi connectivity index (χ0) is 14.9. The van der Waals surface area contributed by atoms with Gasteiger partial charge in [0.1, 0.15) is 0 Å². The van der Waals surface area contributed by atoms with Crippen molar-refractivity contribution in [1.82, 2.24) is 9.21 Å². The Morgan fingerprint density at radius 1 is 1.50 bits per heavy atom. The van der Waals surface area contributed by atoms with Crippen LogP contribution in [0.1, 0.15) is 22.2 Å². The van der Waals surface area contributed by atoms with Crippen LogP contribution in [0.5, 0.6) is 0 Å². The molecule has 0 bridgehead atoms. The molecular weight excluding hydrogens is 300 g/mol. The van der Waals surface area contributed by atoms with Crippen molar-refractivity contribution in [2.75, 3.05) is 25.9 Å². The second kappa shape index (κ2) is 5.80. The van der Waals surface area contributed by atoms with Crippen molar-refractivity contribution in [3.05, 3.63) is 21.9 Å². The summed E-state index contributed by atoms with van der Waals surface area (Å²) >= 11 is 1.42. The summed E-state index contributed by atoms with van der Waals surface area (Å²) in [6.45, 7) is 4.37. The van der Waals surface area contributed by atoms with Crippen LogP contribution in [0.4, 0.5) is 0 Å². The van der Waals surface area contributed by atoms with Crippen LogP contribution in [0.2, 0.25) is 0 Å². The quantitative estimate of drug-likeness (QED) is 0.893. The molecule has 1 fully saturated rings. The largest absolute Gasteiger partial charge is 0.478 e. The van der Waals surface area contributed by atoms with Crippen molar-refractivity contribution >= 4 is 27.3 Å². The number of hydrogen-bond donors (Lipinski definition) is 1. The highest BCUT2D eigenvalue weighted by Gasteiger charge is 2.29. The third-order valence-electron chi connectivity index (χ3n) is 3.36. The summed E-state index contributed by atoms with van der Waals surface area (Å²) in [6, 6.07) is 1.62. The van der Waals surface area contributed by atoms with E-state index in [1.807, 2.05) is 6.92 Å². The van der Waals surface area contributed by atoms with Crippen LogP contribution < -0.4 is 0 Å². The summed E-state index contributed by atoms with van der Waals surface area (Å²) < 4.78 is 24.7. The van der Waals surface area contributed by atoms with Gasteiger partial charge in [-0.3, -0.25) is 4.90 Å². The lowest BCUT2D eigenvalue weighted by atomic mass is 10.2. The third kappa shape index (κ3) is 3.57. The first-order valence-corrected chi connectivity index (χ1v) is 9.00. The normalized spacial score (nSPS) is 22.0. The summed E-state index contributed by atoms with van der Waals surface area (Å²) in [5.41, 5.74) is 0.313. The van der Waals surface area contributed by atoms with Crippen molar-refractivity contribution in [1.29, 1.82) is 0 Å². The molecule has 1 aliphatic heterocycles. The second-order valence-corrected chi connectivity index (χ2v) is 8.00. The standard InChI is InChI=1S/C12H18N2O4S2/c1-9-6-13(3-4-14(9)20(2,17)18)7-11-5-10(8-19-11)12(15)16/h5,8-9H,3-4,6-7H2,1-2H3,(H,15,16)/t9-/m1/s1. The van der Waals surface area contributed by atoms with Crippen LogP contribution in [0, 0.1) is 0 Å². The Labute approximate surface area is 122 Å². The van der Waals surface area contributed by atoms with Crippen LogP contribution in [0.3, 0.4) is 0 Å².